The molecule has 18 heavy (non-hydrogen) atoms. The standard InChI is InChI=1S/C13H21N3OS/c1-14-9-11-12(10-3-4-10)15-13(18-11)16-5-2-7-17-8-6-16/h10,14H,2-9H2,1H3. The minimum atomic E-state index is 0.738. The van der Waals surface area contributed by atoms with Crippen LogP contribution in [0.15, 0.2) is 0 Å². The van der Waals surface area contributed by atoms with Crippen molar-refractivity contribution in [2.24, 2.45) is 0 Å². The van der Waals surface area contributed by atoms with E-state index in [1.165, 1.54) is 28.5 Å². The van der Waals surface area contributed by atoms with Crippen molar-refractivity contribution in [2.75, 3.05) is 38.3 Å². The maximum atomic E-state index is 5.51. The topological polar surface area (TPSA) is 37.4 Å². The Morgan fingerprint density at radius 1 is 1.39 bits per heavy atom. The maximum Gasteiger partial charge on any atom is 0.185 e. The SMILES string of the molecule is CNCc1sc(N2CCCOCC2)nc1C1CC1. The minimum Gasteiger partial charge on any atom is -0.380 e. The largest absolute Gasteiger partial charge is 0.380 e. The zero-order valence-electron chi connectivity index (χ0n) is 10.9. The van der Waals surface area contributed by atoms with Gasteiger partial charge in [-0.05, 0) is 26.3 Å². The van der Waals surface area contributed by atoms with Gasteiger partial charge >= 0.3 is 0 Å². The van der Waals surface area contributed by atoms with Crippen LogP contribution in [0.4, 0.5) is 5.13 Å². The average molecular weight is 267 g/mol. The summed E-state index contributed by atoms with van der Waals surface area (Å²) in [6.45, 7) is 4.74. The number of rotatable bonds is 4. The molecule has 0 spiro atoms. The van der Waals surface area contributed by atoms with Gasteiger partial charge in [-0.3, -0.25) is 0 Å². The predicted octanol–water partition coefficient (Wildman–Crippen LogP) is 1.97. The van der Waals surface area contributed by atoms with Crippen LogP contribution in [0.5, 0.6) is 0 Å². The van der Waals surface area contributed by atoms with E-state index >= 15 is 0 Å². The number of aromatic nitrogens is 1. The molecule has 1 aliphatic carbocycles. The Hall–Kier alpha value is -0.650. The van der Waals surface area contributed by atoms with Crippen LogP contribution in [0, 0.1) is 0 Å². The maximum absolute atomic E-state index is 5.51. The Kier molecular flexibility index (Phi) is 3.82. The lowest BCUT2D eigenvalue weighted by Gasteiger charge is -2.17. The highest BCUT2D eigenvalue weighted by molar-refractivity contribution is 7.15. The molecular formula is C13H21N3OS. The first kappa shape index (κ1) is 12.4. The molecule has 1 N–H and O–H groups in total. The van der Waals surface area contributed by atoms with Gasteiger partial charge in [-0.1, -0.05) is 0 Å². The highest BCUT2D eigenvalue weighted by atomic mass is 32.1. The molecule has 1 aromatic heterocycles. The van der Waals surface area contributed by atoms with Gasteiger partial charge in [-0.15, -0.1) is 11.3 Å². The van der Waals surface area contributed by atoms with Crippen molar-refractivity contribution in [1.29, 1.82) is 0 Å². The van der Waals surface area contributed by atoms with Crippen LogP contribution in [0.1, 0.15) is 35.8 Å². The second-order valence-corrected chi connectivity index (χ2v) is 6.12. The van der Waals surface area contributed by atoms with Crippen LogP contribution >= 0.6 is 11.3 Å². The van der Waals surface area contributed by atoms with Crippen LogP contribution < -0.4 is 10.2 Å². The molecule has 1 aliphatic heterocycles. The first-order valence-electron chi connectivity index (χ1n) is 6.85. The van der Waals surface area contributed by atoms with Gasteiger partial charge < -0.3 is 15.0 Å². The number of nitrogens with zero attached hydrogens (tertiary/aromatic N) is 2. The highest BCUT2D eigenvalue weighted by Crippen LogP contribution is 2.44. The van der Waals surface area contributed by atoms with Crippen molar-refractivity contribution in [3.05, 3.63) is 10.6 Å². The van der Waals surface area contributed by atoms with Crippen LogP contribution in [-0.4, -0.2) is 38.3 Å². The summed E-state index contributed by atoms with van der Waals surface area (Å²) in [5.74, 6) is 0.738. The van der Waals surface area contributed by atoms with E-state index in [4.69, 9.17) is 9.72 Å². The molecule has 1 saturated heterocycles. The molecule has 1 saturated carbocycles. The fourth-order valence-corrected chi connectivity index (χ4v) is 3.60. The van der Waals surface area contributed by atoms with E-state index in [0.29, 0.717) is 0 Å². The van der Waals surface area contributed by atoms with Crippen molar-refractivity contribution in [1.82, 2.24) is 10.3 Å². The monoisotopic (exact) mass is 267 g/mol. The highest BCUT2D eigenvalue weighted by Gasteiger charge is 2.30. The number of anilines is 1. The molecule has 2 aliphatic rings. The summed E-state index contributed by atoms with van der Waals surface area (Å²) in [7, 11) is 2.01. The molecular weight excluding hydrogens is 246 g/mol. The van der Waals surface area contributed by atoms with Gasteiger partial charge in [0.1, 0.15) is 0 Å². The van der Waals surface area contributed by atoms with Gasteiger partial charge in [0, 0.05) is 37.0 Å². The second-order valence-electron chi connectivity index (χ2n) is 5.06. The van der Waals surface area contributed by atoms with Crippen molar-refractivity contribution in [2.45, 2.75) is 31.7 Å². The van der Waals surface area contributed by atoms with Crippen LogP contribution in [0.25, 0.3) is 0 Å². The van der Waals surface area contributed by atoms with Gasteiger partial charge in [0.05, 0.1) is 12.3 Å². The number of hydrogen-bond donors (Lipinski definition) is 1. The van der Waals surface area contributed by atoms with Gasteiger partial charge in [-0.2, -0.15) is 0 Å². The quantitative estimate of drug-likeness (QED) is 0.905. The van der Waals surface area contributed by atoms with Gasteiger partial charge in [0.2, 0.25) is 0 Å². The van der Waals surface area contributed by atoms with E-state index in [0.717, 1.165) is 45.2 Å². The van der Waals surface area contributed by atoms with Crippen LogP contribution in [0.3, 0.4) is 0 Å². The third kappa shape index (κ3) is 2.68. The lowest BCUT2D eigenvalue weighted by molar-refractivity contribution is 0.152. The average Bonchev–Trinajstić information content (AvgIpc) is 3.17. The summed E-state index contributed by atoms with van der Waals surface area (Å²) in [6, 6.07) is 0. The van der Waals surface area contributed by atoms with E-state index in [1.54, 1.807) is 0 Å². The predicted molar refractivity (Wildman–Crippen MR) is 74.5 cm³/mol. The van der Waals surface area contributed by atoms with Gasteiger partial charge in [0.15, 0.2) is 5.13 Å². The number of hydrogen-bond acceptors (Lipinski definition) is 5. The first-order chi connectivity index (χ1) is 8.88. The molecule has 2 fully saturated rings. The van der Waals surface area contributed by atoms with Crippen molar-refractivity contribution < 1.29 is 4.74 Å². The molecule has 0 amide bonds. The lowest BCUT2D eigenvalue weighted by atomic mass is 10.2. The molecule has 0 radical (unpaired) electrons. The van der Waals surface area contributed by atoms with Crippen LogP contribution in [-0.2, 0) is 11.3 Å². The third-order valence-electron chi connectivity index (χ3n) is 3.51. The molecule has 0 bridgehead atoms. The van der Waals surface area contributed by atoms with Gasteiger partial charge in [0.25, 0.3) is 0 Å². The smallest absolute Gasteiger partial charge is 0.185 e. The minimum absolute atomic E-state index is 0.738. The second kappa shape index (κ2) is 5.55. The molecule has 3 rings (SSSR count). The zero-order chi connectivity index (χ0) is 12.4. The summed E-state index contributed by atoms with van der Waals surface area (Å²) >= 11 is 1.86. The molecule has 0 unspecified atom stereocenters. The molecule has 0 atom stereocenters. The molecule has 0 aromatic carbocycles. The fraction of sp³-hybridized carbons (Fsp3) is 0.769. The Morgan fingerprint density at radius 2 is 2.28 bits per heavy atom. The Morgan fingerprint density at radius 3 is 3.06 bits per heavy atom. The molecule has 1 aromatic rings. The summed E-state index contributed by atoms with van der Waals surface area (Å²) in [4.78, 5) is 8.73. The van der Waals surface area contributed by atoms with Crippen LogP contribution in [0.2, 0.25) is 0 Å². The summed E-state index contributed by atoms with van der Waals surface area (Å²) in [5, 5.41) is 4.46. The number of thiazole rings is 1. The number of nitrogens with one attached hydrogen (secondary N) is 1. The fourth-order valence-electron chi connectivity index (χ4n) is 2.39. The van der Waals surface area contributed by atoms with Crippen molar-refractivity contribution in [3.63, 3.8) is 0 Å². The molecule has 2 heterocycles. The Labute approximate surface area is 112 Å². The van der Waals surface area contributed by atoms with E-state index in [-0.39, 0.29) is 0 Å². The van der Waals surface area contributed by atoms with Crippen molar-refractivity contribution in [3.8, 4) is 0 Å². The molecule has 100 valence electrons. The first-order valence-corrected chi connectivity index (χ1v) is 7.67. The van der Waals surface area contributed by atoms with E-state index < -0.39 is 0 Å². The number of ether oxygens (including phenoxy) is 1. The Balaban J connectivity index is 1.79. The van der Waals surface area contributed by atoms with Gasteiger partial charge in [-0.25, -0.2) is 4.98 Å². The van der Waals surface area contributed by atoms with Crippen molar-refractivity contribution >= 4 is 16.5 Å². The normalized spacial score (nSPS) is 21.1. The molecule has 5 heteroatoms. The Bertz CT molecular complexity index is 395. The zero-order valence-corrected chi connectivity index (χ0v) is 11.8. The summed E-state index contributed by atoms with van der Waals surface area (Å²) < 4.78 is 5.51. The third-order valence-corrected chi connectivity index (χ3v) is 4.64. The molecule has 4 nitrogen and oxygen atoms in total. The van der Waals surface area contributed by atoms with E-state index in [2.05, 4.69) is 10.2 Å². The van der Waals surface area contributed by atoms with E-state index in [9.17, 15) is 0 Å². The summed E-state index contributed by atoms with van der Waals surface area (Å²) in [6.07, 6.45) is 3.76. The lowest BCUT2D eigenvalue weighted by Crippen LogP contribution is -2.25. The summed E-state index contributed by atoms with van der Waals surface area (Å²) in [5.41, 5.74) is 1.36. The van der Waals surface area contributed by atoms with E-state index in [1.807, 2.05) is 18.4 Å².